The predicted octanol–water partition coefficient (Wildman–Crippen LogP) is 3.16. The summed E-state index contributed by atoms with van der Waals surface area (Å²) in [7, 11) is 0. The molecule has 130 valence electrons. The standard InChI is InChI=1S/C18H22FNO4/c1-3-23-17(21)10-15-8-9-20(11-16(15)19)18(22)24-12-14-6-4-13(2)5-7-14/h4-7,10,16H,3,8-9,11-12H2,1-2H3. The van der Waals surface area contributed by atoms with Crippen LogP contribution in [0.25, 0.3) is 0 Å². The van der Waals surface area contributed by atoms with Crippen molar-refractivity contribution in [3.8, 4) is 0 Å². The highest BCUT2D eigenvalue weighted by Crippen LogP contribution is 2.21. The Hall–Kier alpha value is -2.37. The fourth-order valence-electron chi connectivity index (χ4n) is 2.41. The van der Waals surface area contributed by atoms with E-state index in [1.807, 2.05) is 31.2 Å². The monoisotopic (exact) mass is 335 g/mol. The van der Waals surface area contributed by atoms with Gasteiger partial charge in [0.05, 0.1) is 13.2 Å². The minimum absolute atomic E-state index is 0.113. The van der Waals surface area contributed by atoms with Crippen LogP contribution < -0.4 is 0 Å². The van der Waals surface area contributed by atoms with Crippen molar-refractivity contribution in [2.75, 3.05) is 19.7 Å². The average molecular weight is 335 g/mol. The van der Waals surface area contributed by atoms with Crippen molar-refractivity contribution in [2.45, 2.75) is 33.0 Å². The molecule has 1 unspecified atom stereocenters. The molecule has 0 saturated carbocycles. The number of alkyl halides is 1. The molecule has 0 bridgehead atoms. The highest BCUT2D eigenvalue weighted by molar-refractivity contribution is 5.83. The zero-order chi connectivity index (χ0) is 17.5. The van der Waals surface area contributed by atoms with Gasteiger partial charge in [-0.3, -0.25) is 0 Å². The van der Waals surface area contributed by atoms with E-state index in [0.717, 1.165) is 11.1 Å². The molecule has 0 aliphatic carbocycles. The molecule has 1 aliphatic heterocycles. The number of amides is 1. The number of likely N-dealkylation sites (tertiary alicyclic amines) is 1. The van der Waals surface area contributed by atoms with Gasteiger partial charge in [-0.2, -0.15) is 0 Å². The molecule has 24 heavy (non-hydrogen) atoms. The second-order valence-electron chi connectivity index (χ2n) is 5.68. The number of aryl methyl sites for hydroxylation is 1. The zero-order valence-electron chi connectivity index (χ0n) is 14.0. The highest BCUT2D eigenvalue weighted by Gasteiger charge is 2.28. The van der Waals surface area contributed by atoms with Crippen molar-refractivity contribution in [3.05, 3.63) is 47.0 Å². The van der Waals surface area contributed by atoms with Gasteiger partial charge in [0, 0.05) is 12.6 Å². The van der Waals surface area contributed by atoms with Gasteiger partial charge in [-0.05, 0) is 31.4 Å². The van der Waals surface area contributed by atoms with E-state index in [9.17, 15) is 14.0 Å². The van der Waals surface area contributed by atoms with Gasteiger partial charge in [0.25, 0.3) is 0 Å². The number of nitrogens with zero attached hydrogens (tertiary/aromatic N) is 1. The van der Waals surface area contributed by atoms with Crippen LogP contribution >= 0.6 is 0 Å². The molecule has 0 spiro atoms. The van der Waals surface area contributed by atoms with E-state index < -0.39 is 18.2 Å². The van der Waals surface area contributed by atoms with Crippen molar-refractivity contribution in [2.24, 2.45) is 0 Å². The second kappa shape index (κ2) is 8.47. The highest BCUT2D eigenvalue weighted by atomic mass is 19.1. The van der Waals surface area contributed by atoms with Gasteiger partial charge in [-0.15, -0.1) is 0 Å². The number of benzene rings is 1. The third-order valence-corrected chi connectivity index (χ3v) is 3.78. The van der Waals surface area contributed by atoms with Crippen LogP contribution in [0.4, 0.5) is 9.18 Å². The Balaban J connectivity index is 1.84. The first-order valence-corrected chi connectivity index (χ1v) is 7.98. The third-order valence-electron chi connectivity index (χ3n) is 3.78. The van der Waals surface area contributed by atoms with Crippen LogP contribution in [-0.2, 0) is 20.9 Å². The van der Waals surface area contributed by atoms with Gasteiger partial charge >= 0.3 is 12.1 Å². The van der Waals surface area contributed by atoms with Crippen LogP contribution in [0.15, 0.2) is 35.9 Å². The maximum absolute atomic E-state index is 14.1. The summed E-state index contributed by atoms with van der Waals surface area (Å²) < 4.78 is 24.1. The summed E-state index contributed by atoms with van der Waals surface area (Å²) in [5, 5.41) is 0. The molecule has 1 amide bonds. The van der Waals surface area contributed by atoms with Gasteiger partial charge in [0.1, 0.15) is 12.8 Å². The topological polar surface area (TPSA) is 55.8 Å². The number of halogens is 1. The number of ether oxygens (including phenoxy) is 2. The van der Waals surface area contributed by atoms with Crippen LogP contribution in [0.3, 0.4) is 0 Å². The van der Waals surface area contributed by atoms with Gasteiger partial charge in [0.2, 0.25) is 0 Å². The first kappa shape index (κ1) is 18.0. The Labute approximate surface area is 141 Å². The largest absolute Gasteiger partial charge is 0.463 e. The Morgan fingerprint density at radius 1 is 1.29 bits per heavy atom. The minimum Gasteiger partial charge on any atom is -0.463 e. The Morgan fingerprint density at radius 3 is 2.62 bits per heavy atom. The molecule has 1 aromatic rings. The lowest BCUT2D eigenvalue weighted by Gasteiger charge is -2.30. The molecule has 2 rings (SSSR count). The molecular weight excluding hydrogens is 313 g/mol. The molecule has 1 saturated heterocycles. The van der Waals surface area contributed by atoms with E-state index in [2.05, 4.69) is 0 Å². The molecule has 0 aromatic heterocycles. The average Bonchev–Trinajstić information content (AvgIpc) is 2.56. The fourth-order valence-corrected chi connectivity index (χ4v) is 2.41. The van der Waals surface area contributed by atoms with Gasteiger partial charge in [-0.1, -0.05) is 29.8 Å². The van der Waals surface area contributed by atoms with Crippen molar-refractivity contribution >= 4 is 12.1 Å². The first-order valence-electron chi connectivity index (χ1n) is 7.98. The summed E-state index contributed by atoms with van der Waals surface area (Å²) in [5.41, 5.74) is 2.36. The molecule has 1 atom stereocenters. The normalized spacial score (nSPS) is 19.2. The summed E-state index contributed by atoms with van der Waals surface area (Å²) in [4.78, 5) is 24.7. The van der Waals surface area contributed by atoms with Crippen molar-refractivity contribution in [3.63, 3.8) is 0 Å². The van der Waals surface area contributed by atoms with Gasteiger partial charge < -0.3 is 14.4 Å². The first-order chi connectivity index (χ1) is 11.5. The van der Waals surface area contributed by atoms with E-state index in [4.69, 9.17) is 9.47 Å². The summed E-state index contributed by atoms with van der Waals surface area (Å²) in [5.74, 6) is -0.550. The summed E-state index contributed by atoms with van der Waals surface area (Å²) in [6.07, 6.45) is -0.452. The summed E-state index contributed by atoms with van der Waals surface area (Å²) >= 11 is 0. The van der Waals surface area contributed by atoms with Gasteiger partial charge in [-0.25, -0.2) is 14.0 Å². The fraction of sp³-hybridized carbons (Fsp3) is 0.444. The molecule has 1 fully saturated rings. The van der Waals surface area contributed by atoms with E-state index in [1.165, 1.54) is 11.0 Å². The van der Waals surface area contributed by atoms with Crippen LogP contribution in [-0.4, -0.2) is 42.8 Å². The SMILES string of the molecule is CCOC(=O)C=C1CCN(C(=O)OCc2ccc(C)cc2)CC1F. The van der Waals surface area contributed by atoms with E-state index in [0.29, 0.717) is 18.5 Å². The Kier molecular flexibility index (Phi) is 6.35. The Bertz CT molecular complexity index is 612. The smallest absolute Gasteiger partial charge is 0.410 e. The van der Waals surface area contributed by atoms with E-state index in [1.54, 1.807) is 6.92 Å². The van der Waals surface area contributed by atoms with E-state index in [-0.39, 0.29) is 19.8 Å². The van der Waals surface area contributed by atoms with Crippen molar-refractivity contribution in [1.82, 2.24) is 4.90 Å². The van der Waals surface area contributed by atoms with Crippen LogP contribution in [0.5, 0.6) is 0 Å². The second-order valence-corrected chi connectivity index (χ2v) is 5.68. The van der Waals surface area contributed by atoms with Gasteiger partial charge in [0.15, 0.2) is 0 Å². The van der Waals surface area contributed by atoms with Crippen molar-refractivity contribution in [1.29, 1.82) is 0 Å². The molecule has 0 N–H and O–H groups in total. The Morgan fingerprint density at radius 2 is 2.00 bits per heavy atom. The molecule has 1 aromatic carbocycles. The van der Waals surface area contributed by atoms with Crippen LogP contribution in [0.2, 0.25) is 0 Å². The molecule has 1 aliphatic rings. The summed E-state index contributed by atoms with van der Waals surface area (Å²) in [6, 6.07) is 7.65. The van der Waals surface area contributed by atoms with Crippen LogP contribution in [0, 0.1) is 6.92 Å². The predicted molar refractivity (Wildman–Crippen MR) is 87.2 cm³/mol. The minimum atomic E-state index is -1.38. The number of hydrogen-bond acceptors (Lipinski definition) is 4. The lowest BCUT2D eigenvalue weighted by Crippen LogP contribution is -2.42. The lowest BCUT2D eigenvalue weighted by atomic mass is 10.0. The number of carbonyl (C=O) groups excluding carboxylic acids is 2. The maximum atomic E-state index is 14.1. The van der Waals surface area contributed by atoms with Crippen molar-refractivity contribution < 1.29 is 23.5 Å². The summed E-state index contributed by atoms with van der Waals surface area (Å²) in [6.45, 7) is 4.27. The lowest BCUT2D eigenvalue weighted by molar-refractivity contribution is -0.137. The molecular formula is C18H22FNO4. The maximum Gasteiger partial charge on any atom is 0.410 e. The quantitative estimate of drug-likeness (QED) is 0.626. The number of hydrogen-bond donors (Lipinski definition) is 0. The number of piperidine rings is 1. The zero-order valence-corrected chi connectivity index (χ0v) is 14.0. The molecule has 1 heterocycles. The molecule has 5 nitrogen and oxygen atoms in total. The molecule has 0 radical (unpaired) electrons. The van der Waals surface area contributed by atoms with Crippen LogP contribution in [0.1, 0.15) is 24.5 Å². The number of esters is 1. The van der Waals surface area contributed by atoms with E-state index >= 15 is 0 Å². The molecule has 6 heteroatoms. The third kappa shape index (κ3) is 5.08. The number of rotatable bonds is 4. The number of carbonyl (C=O) groups is 2.